The lowest BCUT2D eigenvalue weighted by molar-refractivity contribution is 0.0975. The van der Waals surface area contributed by atoms with Gasteiger partial charge in [0.15, 0.2) is 5.65 Å². The minimum absolute atomic E-state index is 0.289. The second kappa shape index (κ2) is 4.68. The topological polar surface area (TPSA) is 66.3 Å². The predicted molar refractivity (Wildman–Crippen MR) is 71.7 cm³/mol. The molecule has 0 aromatic carbocycles. The van der Waals surface area contributed by atoms with Crippen molar-refractivity contribution in [2.24, 2.45) is 5.92 Å². The Kier molecular flexibility index (Phi) is 2.87. The van der Waals surface area contributed by atoms with E-state index in [-0.39, 0.29) is 5.92 Å². The van der Waals surface area contributed by atoms with Crippen molar-refractivity contribution in [2.45, 2.75) is 0 Å². The second-order valence-corrected chi connectivity index (χ2v) is 4.59. The number of rotatable bonds is 2. The van der Waals surface area contributed by atoms with Crippen molar-refractivity contribution in [3.05, 3.63) is 42.2 Å². The number of hydrogen-bond donors (Lipinski definition) is 1. The molecular weight excluding hydrogens is 242 g/mol. The van der Waals surface area contributed by atoms with Crippen molar-refractivity contribution in [3.8, 4) is 0 Å². The van der Waals surface area contributed by atoms with Crippen molar-refractivity contribution < 1.29 is 9.90 Å². The molecule has 5 heteroatoms. The Morgan fingerprint density at radius 2 is 2.21 bits per heavy atom. The Balaban J connectivity index is 1.70. The smallest absolute Gasteiger partial charge is 0.407 e. The van der Waals surface area contributed by atoms with Gasteiger partial charge in [-0.15, -0.1) is 0 Å². The molecule has 19 heavy (non-hydrogen) atoms. The zero-order chi connectivity index (χ0) is 13.2. The van der Waals surface area contributed by atoms with Crippen LogP contribution >= 0.6 is 0 Å². The number of hydrogen-bond acceptors (Lipinski definition) is 3. The molecule has 3 rings (SSSR count). The molecule has 1 fully saturated rings. The molecule has 2 aromatic heterocycles. The van der Waals surface area contributed by atoms with Crippen LogP contribution < -0.4 is 0 Å². The summed E-state index contributed by atoms with van der Waals surface area (Å²) < 4.78 is 0. The number of likely N-dealkylation sites (tertiary alicyclic amines) is 1. The van der Waals surface area contributed by atoms with E-state index in [4.69, 9.17) is 5.11 Å². The van der Waals surface area contributed by atoms with Gasteiger partial charge in [0, 0.05) is 30.6 Å². The number of fused-ring (bicyclic) bond motifs is 1. The van der Waals surface area contributed by atoms with Gasteiger partial charge >= 0.3 is 6.09 Å². The van der Waals surface area contributed by atoms with E-state index in [0.29, 0.717) is 13.1 Å². The summed E-state index contributed by atoms with van der Waals surface area (Å²) in [5, 5.41) is 9.75. The van der Waals surface area contributed by atoms with Gasteiger partial charge in [-0.2, -0.15) is 0 Å². The van der Waals surface area contributed by atoms with Crippen LogP contribution in [0.1, 0.15) is 5.69 Å². The van der Waals surface area contributed by atoms with E-state index in [1.807, 2.05) is 36.4 Å². The zero-order valence-corrected chi connectivity index (χ0v) is 10.2. The lowest BCUT2D eigenvalue weighted by atomic mass is 10.00. The molecule has 1 N–H and O–H groups in total. The first-order chi connectivity index (χ1) is 9.22. The van der Waals surface area contributed by atoms with Gasteiger partial charge in [0.1, 0.15) is 0 Å². The maximum Gasteiger partial charge on any atom is 0.407 e. The Labute approximate surface area is 110 Å². The van der Waals surface area contributed by atoms with E-state index >= 15 is 0 Å². The van der Waals surface area contributed by atoms with Crippen molar-refractivity contribution in [3.63, 3.8) is 0 Å². The highest BCUT2D eigenvalue weighted by atomic mass is 16.4. The van der Waals surface area contributed by atoms with Crippen LogP contribution in [0.25, 0.3) is 17.1 Å². The summed E-state index contributed by atoms with van der Waals surface area (Å²) >= 11 is 0. The Morgan fingerprint density at radius 3 is 3.00 bits per heavy atom. The third kappa shape index (κ3) is 2.40. The highest BCUT2D eigenvalue weighted by molar-refractivity contribution is 5.75. The van der Waals surface area contributed by atoms with Crippen molar-refractivity contribution in [1.29, 1.82) is 0 Å². The van der Waals surface area contributed by atoms with Crippen molar-refractivity contribution >= 4 is 23.2 Å². The van der Waals surface area contributed by atoms with E-state index in [9.17, 15) is 4.79 Å². The second-order valence-electron chi connectivity index (χ2n) is 4.59. The minimum atomic E-state index is -0.849. The maximum atomic E-state index is 10.6. The van der Waals surface area contributed by atoms with Gasteiger partial charge in [-0.3, -0.25) is 0 Å². The summed E-state index contributed by atoms with van der Waals surface area (Å²) in [6.07, 6.45) is 4.81. The normalized spacial score (nSPS) is 15.9. The number of aromatic nitrogens is 2. The van der Waals surface area contributed by atoms with Crippen LogP contribution in [-0.4, -0.2) is 39.2 Å². The summed E-state index contributed by atoms with van der Waals surface area (Å²) in [6.45, 7) is 1.13. The molecule has 1 saturated heterocycles. The Bertz CT molecular complexity index is 648. The number of nitrogens with zero attached hydrogens (tertiary/aromatic N) is 3. The first-order valence-corrected chi connectivity index (χ1v) is 6.10. The largest absolute Gasteiger partial charge is 0.465 e. The summed E-state index contributed by atoms with van der Waals surface area (Å²) in [5.74, 6) is 0.289. The number of carbonyl (C=O) groups is 1. The van der Waals surface area contributed by atoms with Gasteiger partial charge in [0.05, 0.1) is 5.69 Å². The number of amides is 1. The van der Waals surface area contributed by atoms with Gasteiger partial charge in [-0.05, 0) is 30.3 Å². The van der Waals surface area contributed by atoms with Gasteiger partial charge in [-0.1, -0.05) is 6.08 Å². The van der Waals surface area contributed by atoms with E-state index in [0.717, 1.165) is 16.7 Å². The molecule has 96 valence electrons. The fourth-order valence-electron chi connectivity index (χ4n) is 2.09. The standard InChI is InChI=1S/C14H13N3O2/c18-14(19)17-8-10(9-17)3-5-12-6-4-11-2-1-7-15-13(11)16-12/h1-7,10H,8-9H2,(H,18,19). The van der Waals surface area contributed by atoms with Crippen LogP contribution in [0.15, 0.2) is 36.5 Å². The van der Waals surface area contributed by atoms with E-state index in [1.165, 1.54) is 4.90 Å². The fourth-order valence-corrected chi connectivity index (χ4v) is 2.09. The number of carboxylic acid groups (broad SMARTS) is 1. The van der Waals surface area contributed by atoms with E-state index in [1.54, 1.807) is 6.20 Å². The molecule has 0 aliphatic carbocycles. The molecule has 1 amide bonds. The van der Waals surface area contributed by atoms with Crippen LogP contribution in [0.2, 0.25) is 0 Å². The third-order valence-electron chi connectivity index (χ3n) is 3.20. The molecule has 0 radical (unpaired) electrons. The molecule has 2 aromatic rings. The number of pyridine rings is 2. The predicted octanol–water partition coefficient (Wildman–Crippen LogP) is 2.25. The molecule has 1 aliphatic rings. The summed E-state index contributed by atoms with van der Waals surface area (Å²) in [7, 11) is 0. The quantitative estimate of drug-likeness (QED) is 0.893. The first-order valence-electron chi connectivity index (χ1n) is 6.10. The SMILES string of the molecule is O=C(O)N1CC(C=Cc2ccc3cccnc3n2)C1. The third-order valence-corrected chi connectivity index (χ3v) is 3.20. The Hall–Kier alpha value is -2.43. The molecule has 0 unspecified atom stereocenters. The first kappa shape index (κ1) is 11.6. The maximum absolute atomic E-state index is 10.6. The van der Waals surface area contributed by atoms with Gasteiger partial charge in [-0.25, -0.2) is 14.8 Å². The minimum Gasteiger partial charge on any atom is -0.465 e. The summed E-state index contributed by atoms with van der Waals surface area (Å²) in [5.41, 5.74) is 1.57. The average molecular weight is 255 g/mol. The molecule has 0 saturated carbocycles. The van der Waals surface area contributed by atoms with Crippen LogP contribution in [0.5, 0.6) is 0 Å². The lowest BCUT2D eigenvalue weighted by Gasteiger charge is -2.35. The molecule has 5 nitrogen and oxygen atoms in total. The fraction of sp³-hybridized carbons (Fsp3) is 0.214. The molecule has 0 atom stereocenters. The molecule has 0 bridgehead atoms. The van der Waals surface area contributed by atoms with Crippen LogP contribution in [0.3, 0.4) is 0 Å². The molecule has 3 heterocycles. The van der Waals surface area contributed by atoms with Gasteiger partial charge in [0.25, 0.3) is 0 Å². The summed E-state index contributed by atoms with van der Waals surface area (Å²) in [4.78, 5) is 20.7. The molecular formula is C14H13N3O2. The van der Waals surface area contributed by atoms with Gasteiger partial charge < -0.3 is 10.0 Å². The van der Waals surface area contributed by atoms with Crippen molar-refractivity contribution in [2.75, 3.05) is 13.1 Å². The van der Waals surface area contributed by atoms with Crippen molar-refractivity contribution in [1.82, 2.24) is 14.9 Å². The lowest BCUT2D eigenvalue weighted by Crippen LogP contribution is -2.48. The summed E-state index contributed by atoms with van der Waals surface area (Å²) in [6, 6.07) is 7.78. The highest BCUT2D eigenvalue weighted by Gasteiger charge is 2.28. The van der Waals surface area contributed by atoms with Gasteiger partial charge in [0.2, 0.25) is 0 Å². The van der Waals surface area contributed by atoms with Crippen LogP contribution in [0, 0.1) is 5.92 Å². The zero-order valence-electron chi connectivity index (χ0n) is 10.2. The van der Waals surface area contributed by atoms with Crippen LogP contribution in [0.4, 0.5) is 4.79 Å². The average Bonchev–Trinajstić information content (AvgIpc) is 2.36. The highest BCUT2D eigenvalue weighted by Crippen LogP contribution is 2.18. The van der Waals surface area contributed by atoms with E-state index in [2.05, 4.69) is 9.97 Å². The van der Waals surface area contributed by atoms with E-state index < -0.39 is 6.09 Å². The molecule has 1 aliphatic heterocycles. The monoisotopic (exact) mass is 255 g/mol. The Morgan fingerprint density at radius 1 is 1.37 bits per heavy atom. The van der Waals surface area contributed by atoms with Crippen LogP contribution in [-0.2, 0) is 0 Å². The molecule has 0 spiro atoms.